The van der Waals surface area contributed by atoms with Crippen molar-refractivity contribution >= 4 is 5.69 Å². The van der Waals surface area contributed by atoms with Gasteiger partial charge in [0.25, 0.3) is 0 Å². The monoisotopic (exact) mass is 276 g/mol. The summed E-state index contributed by atoms with van der Waals surface area (Å²) in [6, 6.07) is 16.7. The minimum atomic E-state index is 1.01. The number of nitrogens with one attached hydrogen (secondary N) is 1. The van der Waals surface area contributed by atoms with Crippen LogP contribution in [0, 0.1) is 0 Å². The zero-order valence-corrected chi connectivity index (χ0v) is 11.7. The van der Waals surface area contributed by atoms with Crippen LogP contribution in [0.25, 0.3) is 16.9 Å². The number of nitrogens with zero attached hydrogens (tertiary/aromatic N) is 3. The molecule has 0 saturated carbocycles. The molecule has 2 heterocycles. The Hall–Kier alpha value is -2.62. The maximum atomic E-state index is 4.22. The first kappa shape index (κ1) is 12.1. The molecule has 0 spiro atoms. The lowest BCUT2D eigenvalue weighted by Crippen LogP contribution is -2.11. The molecule has 4 nitrogen and oxygen atoms in total. The highest BCUT2D eigenvalue weighted by atomic mass is 15.4. The van der Waals surface area contributed by atoms with E-state index < -0.39 is 0 Å². The largest absolute Gasteiger partial charge is 0.385 e. The Labute approximate surface area is 123 Å². The molecule has 0 radical (unpaired) electrons. The fourth-order valence-electron chi connectivity index (χ4n) is 2.81. The van der Waals surface area contributed by atoms with E-state index in [2.05, 4.69) is 33.8 Å². The molecule has 0 amide bonds. The van der Waals surface area contributed by atoms with Crippen LogP contribution < -0.4 is 5.32 Å². The van der Waals surface area contributed by atoms with E-state index in [1.165, 1.54) is 17.7 Å². The molecule has 4 heteroatoms. The highest BCUT2D eigenvalue weighted by Crippen LogP contribution is 2.29. The van der Waals surface area contributed by atoms with Crippen LogP contribution in [0.1, 0.15) is 12.0 Å². The number of aryl methyl sites for hydroxylation is 1. The van der Waals surface area contributed by atoms with Gasteiger partial charge in [-0.05, 0) is 36.6 Å². The number of benzene rings is 2. The van der Waals surface area contributed by atoms with Crippen LogP contribution in [0.5, 0.6) is 0 Å². The molecule has 104 valence electrons. The van der Waals surface area contributed by atoms with Gasteiger partial charge in [0, 0.05) is 17.8 Å². The van der Waals surface area contributed by atoms with Crippen LogP contribution in [-0.4, -0.2) is 21.5 Å². The van der Waals surface area contributed by atoms with Crippen LogP contribution >= 0.6 is 0 Å². The molecule has 0 atom stereocenters. The molecule has 0 unspecified atom stereocenters. The molecular weight excluding hydrogens is 260 g/mol. The fraction of sp³-hybridized carbons (Fsp3) is 0.176. The third kappa shape index (κ3) is 2.18. The molecule has 0 aliphatic carbocycles. The lowest BCUT2D eigenvalue weighted by Gasteiger charge is -2.18. The maximum Gasteiger partial charge on any atom is 0.0945 e. The summed E-state index contributed by atoms with van der Waals surface area (Å²) < 4.78 is 1.88. The third-order valence-electron chi connectivity index (χ3n) is 3.89. The van der Waals surface area contributed by atoms with Gasteiger partial charge in [0.1, 0.15) is 0 Å². The first-order chi connectivity index (χ1) is 10.4. The fourth-order valence-corrected chi connectivity index (χ4v) is 2.81. The Morgan fingerprint density at radius 1 is 1.05 bits per heavy atom. The quantitative estimate of drug-likeness (QED) is 0.781. The molecule has 1 aromatic heterocycles. The van der Waals surface area contributed by atoms with Gasteiger partial charge in [0.2, 0.25) is 0 Å². The standard InChI is InChI=1S/C17H16N4/c1-2-6-15(7-3-1)21-17(12-19-20-21)14-9-8-13-5-4-10-18-16(13)11-14/h1-3,6-9,11-12,18H,4-5,10H2. The number of para-hydroxylation sites is 1. The summed E-state index contributed by atoms with van der Waals surface area (Å²) in [4.78, 5) is 0. The van der Waals surface area contributed by atoms with Crippen molar-refractivity contribution in [2.45, 2.75) is 12.8 Å². The number of fused-ring (bicyclic) bond motifs is 1. The molecule has 1 N–H and O–H groups in total. The SMILES string of the molecule is c1ccc(-n2nncc2-c2ccc3c(c2)NCCC3)cc1. The first-order valence-corrected chi connectivity index (χ1v) is 7.25. The molecule has 1 aliphatic heterocycles. The Morgan fingerprint density at radius 2 is 1.95 bits per heavy atom. The van der Waals surface area contributed by atoms with E-state index in [0.717, 1.165) is 29.9 Å². The number of anilines is 1. The molecular formula is C17H16N4. The first-order valence-electron chi connectivity index (χ1n) is 7.25. The van der Waals surface area contributed by atoms with Gasteiger partial charge in [-0.3, -0.25) is 0 Å². The van der Waals surface area contributed by atoms with Crippen molar-refractivity contribution in [1.82, 2.24) is 15.0 Å². The number of hydrogen-bond acceptors (Lipinski definition) is 3. The molecule has 21 heavy (non-hydrogen) atoms. The molecule has 2 aromatic carbocycles. The van der Waals surface area contributed by atoms with Gasteiger partial charge < -0.3 is 5.32 Å². The summed E-state index contributed by atoms with van der Waals surface area (Å²) in [6.07, 6.45) is 4.17. The van der Waals surface area contributed by atoms with Crippen molar-refractivity contribution in [3.63, 3.8) is 0 Å². The van der Waals surface area contributed by atoms with E-state index in [1.807, 2.05) is 41.2 Å². The Morgan fingerprint density at radius 3 is 2.86 bits per heavy atom. The highest BCUT2D eigenvalue weighted by molar-refractivity contribution is 5.69. The van der Waals surface area contributed by atoms with Crippen LogP contribution in [0.4, 0.5) is 5.69 Å². The van der Waals surface area contributed by atoms with Crippen LogP contribution in [0.2, 0.25) is 0 Å². The predicted molar refractivity (Wildman–Crippen MR) is 83.6 cm³/mol. The van der Waals surface area contributed by atoms with Crippen LogP contribution in [0.15, 0.2) is 54.7 Å². The summed E-state index contributed by atoms with van der Waals surface area (Å²) in [7, 11) is 0. The van der Waals surface area contributed by atoms with Gasteiger partial charge in [-0.15, -0.1) is 5.10 Å². The van der Waals surface area contributed by atoms with Crippen molar-refractivity contribution < 1.29 is 0 Å². The third-order valence-corrected chi connectivity index (χ3v) is 3.89. The average Bonchev–Trinajstić information content (AvgIpc) is 3.05. The van der Waals surface area contributed by atoms with Gasteiger partial charge in [-0.2, -0.15) is 0 Å². The summed E-state index contributed by atoms with van der Waals surface area (Å²) >= 11 is 0. The van der Waals surface area contributed by atoms with Crippen LogP contribution in [0.3, 0.4) is 0 Å². The Balaban J connectivity index is 1.80. The average molecular weight is 276 g/mol. The zero-order chi connectivity index (χ0) is 14.1. The van der Waals surface area contributed by atoms with Gasteiger partial charge in [-0.1, -0.05) is 35.5 Å². The van der Waals surface area contributed by atoms with E-state index in [0.29, 0.717) is 0 Å². The molecule has 3 aromatic rings. The van der Waals surface area contributed by atoms with E-state index in [-0.39, 0.29) is 0 Å². The minimum Gasteiger partial charge on any atom is -0.385 e. The molecule has 0 bridgehead atoms. The molecule has 1 aliphatic rings. The number of rotatable bonds is 2. The van der Waals surface area contributed by atoms with E-state index in [9.17, 15) is 0 Å². The van der Waals surface area contributed by atoms with Crippen molar-refractivity contribution in [3.8, 4) is 16.9 Å². The zero-order valence-electron chi connectivity index (χ0n) is 11.7. The number of hydrogen-bond donors (Lipinski definition) is 1. The summed E-state index contributed by atoms with van der Waals surface area (Å²) in [6.45, 7) is 1.05. The lowest BCUT2D eigenvalue weighted by atomic mass is 10.0. The predicted octanol–water partition coefficient (Wildman–Crippen LogP) is 3.29. The van der Waals surface area contributed by atoms with Gasteiger partial charge >= 0.3 is 0 Å². The smallest absolute Gasteiger partial charge is 0.0945 e. The minimum absolute atomic E-state index is 1.01. The second kappa shape index (κ2) is 5.05. The van der Waals surface area contributed by atoms with Crippen LogP contribution in [-0.2, 0) is 6.42 Å². The molecule has 0 fully saturated rings. The second-order valence-electron chi connectivity index (χ2n) is 5.27. The van der Waals surface area contributed by atoms with Gasteiger partial charge in [0.05, 0.1) is 17.6 Å². The van der Waals surface area contributed by atoms with Gasteiger partial charge in [0.15, 0.2) is 0 Å². The second-order valence-corrected chi connectivity index (χ2v) is 5.27. The van der Waals surface area contributed by atoms with E-state index in [4.69, 9.17) is 0 Å². The van der Waals surface area contributed by atoms with E-state index >= 15 is 0 Å². The molecule has 0 saturated heterocycles. The van der Waals surface area contributed by atoms with Crippen molar-refractivity contribution in [2.75, 3.05) is 11.9 Å². The Kier molecular flexibility index (Phi) is 2.92. The normalized spacial score (nSPS) is 13.5. The van der Waals surface area contributed by atoms with Crippen molar-refractivity contribution in [2.24, 2.45) is 0 Å². The highest BCUT2D eigenvalue weighted by Gasteiger charge is 2.13. The molecule has 4 rings (SSSR count). The lowest BCUT2D eigenvalue weighted by molar-refractivity contribution is 0.807. The topological polar surface area (TPSA) is 42.7 Å². The maximum absolute atomic E-state index is 4.22. The summed E-state index contributed by atoms with van der Waals surface area (Å²) in [5, 5.41) is 11.8. The van der Waals surface area contributed by atoms with E-state index in [1.54, 1.807) is 0 Å². The number of aromatic nitrogens is 3. The summed E-state index contributed by atoms with van der Waals surface area (Å²) in [5.41, 5.74) is 5.80. The summed E-state index contributed by atoms with van der Waals surface area (Å²) in [5.74, 6) is 0. The van der Waals surface area contributed by atoms with Gasteiger partial charge in [-0.25, -0.2) is 4.68 Å². The Bertz CT molecular complexity index is 761. The van der Waals surface area contributed by atoms with Crippen molar-refractivity contribution in [3.05, 3.63) is 60.3 Å². The van der Waals surface area contributed by atoms with Crippen molar-refractivity contribution in [1.29, 1.82) is 0 Å².